The molecule has 0 heterocycles. The fourth-order valence-electron chi connectivity index (χ4n) is 2.52. The zero-order valence-electron chi connectivity index (χ0n) is 12.0. The van der Waals surface area contributed by atoms with Gasteiger partial charge in [-0.25, -0.2) is 0 Å². The van der Waals surface area contributed by atoms with Gasteiger partial charge in [0.1, 0.15) is 11.4 Å². The normalized spacial score (nSPS) is 17.0. The molecule has 1 aromatic carbocycles. The highest BCUT2D eigenvalue weighted by Crippen LogP contribution is 2.39. The smallest absolute Gasteiger partial charge is 0.120 e. The fraction of sp³-hybridized carbons (Fsp3) is 0.625. The van der Waals surface area contributed by atoms with Crippen LogP contribution in [0.3, 0.4) is 0 Å². The first-order valence-corrected chi connectivity index (χ1v) is 7.69. The van der Waals surface area contributed by atoms with Gasteiger partial charge in [-0.2, -0.15) is 0 Å². The molecule has 0 radical (unpaired) electrons. The molecule has 1 aliphatic rings. The average Bonchev–Trinajstić information content (AvgIpc) is 2.35. The molecule has 0 atom stereocenters. The van der Waals surface area contributed by atoms with Crippen LogP contribution in [-0.2, 0) is 0 Å². The molecule has 0 spiro atoms. The van der Waals surface area contributed by atoms with Gasteiger partial charge in [0.25, 0.3) is 0 Å². The van der Waals surface area contributed by atoms with E-state index >= 15 is 0 Å². The second-order valence-electron chi connectivity index (χ2n) is 5.55. The number of halogens is 1. The molecule has 0 unspecified atom stereocenters. The van der Waals surface area contributed by atoms with E-state index in [2.05, 4.69) is 12.2 Å². The lowest BCUT2D eigenvalue weighted by atomic mass is 9.77. The Hall–Kier alpha value is -0.730. The number of ether oxygens (including phenoxy) is 1. The van der Waals surface area contributed by atoms with Gasteiger partial charge in [-0.15, -0.1) is 0 Å². The van der Waals surface area contributed by atoms with Crippen LogP contribution < -0.4 is 10.1 Å². The Kier molecular flexibility index (Phi) is 5.12. The van der Waals surface area contributed by atoms with Gasteiger partial charge in [-0.05, 0) is 75.9 Å². The van der Waals surface area contributed by atoms with Gasteiger partial charge in [0, 0.05) is 5.02 Å². The van der Waals surface area contributed by atoms with Crippen LogP contribution in [0.25, 0.3) is 0 Å². The maximum Gasteiger partial charge on any atom is 0.120 e. The average molecular weight is 282 g/mol. The molecule has 0 saturated heterocycles. The summed E-state index contributed by atoms with van der Waals surface area (Å²) in [7, 11) is 0. The van der Waals surface area contributed by atoms with Gasteiger partial charge in [0.15, 0.2) is 0 Å². The van der Waals surface area contributed by atoms with Crippen molar-refractivity contribution in [3.8, 4) is 5.75 Å². The molecule has 1 aromatic rings. The highest BCUT2D eigenvalue weighted by atomic mass is 35.5. The first-order chi connectivity index (χ1) is 9.15. The van der Waals surface area contributed by atoms with Gasteiger partial charge in [-0.1, -0.05) is 18.5 Å². The second kappa shape index (κ2) is 6.62. The maximum atomic E-state index is 6.26. The van der Waals surface area contributed by atoms with E-state index in [1.54, 1.807) is 0 Å². The molecule has 1 fully saturated rings. The van der Waals surface area contributed by atoms with E-state index in [4.69, 9.17) is 16.3 Å². The zero-order valence-corrected chi connectivity index (χ0v) is 12.7. The van der Waals surface area contributed by atoms with Crippen molar-refractivity contribution in [3.63, 3.8) is 0 Å². The molecule has 3 heteroatoms. The predicted molar refractivity (Wildman–Crippen MR) is 81.2 cm³/mol. The van der Waals surface area contributed by atoms with Crippen molar-refractivity contribution in [1.82, 2.24) is 5.32 Å². The fourth-order valence-corrected chi connectivity index (χ4v) is 2.64. The lowest BCUT2D eigenvalue weighted by molar-refractivity contribution is -0.0142. The highest BCUT2D eigenvalue weighted by Gasteiger charge is 2.38. The molecule has 1 saturated carbocycles. The van der Waals surface area contributed by atoms with Gasteiger partial charge >= 0.3 is 0 Å². The first-order valence-electron chi connectivity index (χ1n) is 7.31. The Labute approximate surface area is 121 Å². The topological polar surface area (TPSA) is 21.3 Å². The summed E-state index contributed by atoms with van der Waals surface area (Å²) in [5.74, 6) is 0.956. The summed E-state index contributed by atoms with van der Waals surface area (Å²) in [4.78, 5) is 0. The van der Waals surface area contributed by atoms with E-state index < -0.39 is 0 Å². The van der Waals surface area contributed by atoms with Crippen molar-refractivity contribution in [3.05, 3.63) is 28.8 Å². The molecule has 19 heavy (non-hydrogen) atoms. The third-order valence-corrected chi connectivity index (χ3v) is 4.34. The number of hydrogen-bond acceptors (Lipinski definition) is 2. The van der Waals surface area contributed by atoms with Crippen LogP contribution in [0.5, 0.6) is 5.75 Å². The summed E-state index contributed by atoms with van der Waals surface area (Å²) in [5, 5.41) is 4.27. The van der Waals surface area contributed by atoms with E-state index in [0.29, 0.717) is 0 Å². The summed E-state index contributed by atoms with van der Waals surface area (Å²) in [6.45, 7) is 6.35. The van der Waals surface area contributed by atoms with Crippen molar-refractivity contribution in [2.75, 3.05) is 13.1 Å². The highest BCUT2D eigenvalue weighted by molar-refractivity contribution is 6.31. The largest absolute Gasteiger partial charge is 0.487 e. The molecule has 0 amide bonds. The molecule has 1 N–H and O–H groups in total. The molecule has 0 aliphatic heterocycles. The molecule has 0 bridgehead atoms. The summed E-state index contributed by atoms with van der Waals surface area (Å²) in [6, 6.07) is 5.95. The Morgan fingerprint density at radius 1 is 1.32 bits per heavy atom. The van der Waals surface area contributed by atoms with Crippen LogP contribution in [0.1, 0.15) is 44.6 Å². The van der Waals surface area contributed by atoms with Crippen molar-refractivity contribution >= 4 is 11.6 Å². The van der Waals surface area contributed by atoms with Crippen molar-refractivity contribution in [2.24, 2.45) is 0 Å². The predicted octanol–water partition coefficient (Wildman–Crippen LogP) is 4.34. The van der Waals surface area contributed by atoms with E-state index in [1.165, 1.54) is 25.7 Å². The number of benzene rings is 1. The number of rotatable bonds is 7. The minimum Gasteiger partial charge on any atom is -0.487 e. The molecule has 2 rings (SSSR count). The van der Waals surface area contributed by atoms with Gasteiger partial charge in [-0.3, -0.25) is 0 Å². The minimum absolute atomic E-state index is 0.0566. The first kappa shape index (κ1) is 14.7. The lowest BCUT2D eigenvalue weighted by Crippen LogP contribution is -2.45. The van der Waals surface area contributed by atoms with Gasteiger partial charge < -0.3 is 10.1 Å². The monoisotopic (exact) mass is 281 g/mol. The molecule has 106 valence electrons. The summed E-state index contributed by atoms with van der Waals surface area (Å²) in [6.07, 6.45) is 5.89. The number of hydrogen-bond donors (Lipinski definition) is 1. The van der Waals surface area contributed by atoms with Crippen molar-refractivity contribution in [2.45, 2.75) is 51.6 Å². The van der Waals surface area contributed by atoms with Crippen molar-refractivity contribution < 1.29 is 4.74 Å². The number of aryl methyl sites for hydroxylation is 1. The molecular formula is C16H24ClNO. The van der Waals surface area contributed by atoms with Crippen molar-refractivity contribution in [1.29, 1.82) is 0 Å². The van der Waals surface area contributed by atoms with Gasteiger partial charge in [0.05, 0.1) is 0 Å². The number of nitrogens with one attached hydrogen (secondary N) is 1. The summed E-state index contributed by atoms with van der Waals surface area (Å²) >= 11 is 6.05. The Balaban J connectivity index is 1.92. The standard InChI is InChI=1S/C16H24ClNO/c1-3-10-18-11-9-16(7-4-8-16)19-14-5-6-15(17)13(2)12-14/h5-6,12,18H,3-4,7-11H2,1-2H3. The Morgan fingerprint density at radius 2 is 2.11 bits per heavy atom. The summed E-state index contributed by atoms with van der Waals surface area (Å²) in [5.41, 5.74) is 1.14. The van der Waals surface area contributed by atoms with E-state index in [0.717, 1.165) is 35.8 Å². The van der Waals surface area contributed by atoms with Crippen LogP contribution in [0, 0.1) is 6.92 Å². The SMILES string of the molecule is CCCNCCC1(Oc2ccc(Cl)c(C)c2)CCC1. The van der Waals surface area contributed by atoms with Crippen LogP contribution in [0.2, 0.25) is 5.02 Å². The van der Waals surface area contributed by atoms with Crippen LogP contribution in [0.15, 0.2) is 18.2 Å². The quantitative estimate of drug-likeness (QED) is 0.751. The third-order valence-electron chi connectivity index (χ3n) is 3.91. The maximum absolute atomic E-state index is 6.26. The molecule has 0 aromatic heterocycles. The minimum atomic E-state index is 0.0566. The van der Waals surface area contributed by atoms with Gasteiger partial charge in [0.2, 0.25) is 0 Å². The molecular weight excluding hydrogens is 258 g/mol. The lowest BCUT2D eigenvalue weighted by Gasteiger charge is -2.42. The summed E-state index contributed by atoms with van der Waals surface area (Å²) < 4.78 is 6.26. The van der Waals surface area contributed by atoms with Crippen LogP contribution in [-0.4, -0.2) is 18.7 Å². The second-order valence-corrected chi connectivity index (χ2v) is 5.96. The van der Waals surface area contributed by atoms with E-state index in [1.807, 2.05) is 25.1 Å². The van der Waals surface area contributed by atoms with E-state index in [9.17, 15) is 0 Å². The Bertz CT molecular complexity index is 415. The third kappa shape index (κ3) is 3.87. The van der Waals surface area contributed by atoms with Crippen LogP contribution >= 0.6 is 11.6 Å². The van der Waals surface area contributed by atoms with Crippen LogP contribution in [0.4, 0.5) is 0 Å². The Morgan fingerprint density at radius 3 is 2.68 bits per heavy atom. The molecule has 2 nitrogen and oxygen atoms in total. The van der Waals surface area contributed by atoms with E-state index in [-0.39, 0.29) is 5.60 Å². The molecule has 1 aliphatic carbocycles. The zero-order chi connectivity index (χ0) is 13.7.